The van der Waals surface area contributed by atoms with Crippen molar-refractivity contribution in [3.8, 4) is 0 Å². The highest BCUT2D eigenvalue weighted by molar-refractivity contribution is 6.34. The van der Waals surface area contributed by atoms with Crippen LogP contribution in [0.15, 0.2) is 72.8 Å². The molecule has 2 nitrogen and oxygen atoms in total. The minimum absolute atomic E-state index is 0.618. The van der Waals surface area contributed by atoms with E-state index in [0.717, 1.165) is 43.6 Å². The minimum atomic E-state index is 0.618. The number of aromatic nitrogens is 2. The average molecular weight is 484 g/mol. The molecule has 2 heterocycles. The molecule has 0 aliphatic rings. The summed E-state index contributed by atoms with van der Waals surface area (Å²) in [6.45, 7) is 0.618. The van der Waals surface area contributed by atoms with Crippen molar-refractivity contribution in [1.29, 1.82) is 0 Å². The lowest BCUT2D eigenvalue weighted by Gasteiger charge is -2.12. The Labute approximate surface area is 198 Å². The Morgan fingerprint density at radius 3 is 0.935 bits per heavy atom. The molecule has 6 rings (SSSR count). The highest BCUT2D eigenvalue weighted by Gasteiger charge is 2.16. The van der Waals surface area contributed by atoms with Crippen LogP contribution >= 0.6 is 46.4 Å². The van der Waals surface area contributed by atoms with Crippen LogP contribution < -0.4 is 0 Å². The molecule has 0 saturated heterocycles. The van der Waals surface area contributed by atoms with Crippen LogP contribution in [0.5, 0.6) is 0 Å². The fourth-order valence-corrected chi connectivity index (χ4v) is 5.23. The summed E-state index contributed by atoms with van der Waals surface area (Å²) in [6.07, 6.45) is 0. The summed E-state index contributed by atoms with van der Waals surface area (Å²) in [7, 11) is 0. The molecular weight excluding hydrogens is 470 g/mol. The summed E-state index contributed by atoms with van der Waals surface area (Å²) < 4.78 is 4.58. The molecule has 0 amide bonds. The Hall–Kier alpha value is -2.36. The first kappa shape index (κ1) is 19.3. The first-order valence-electron chi connectivity index (χ1n) is 9.73. The lowest BCUT2D eigenvalue weighted by molar-refractivity contribution is 0.682. The summed E-state index contributed by atoms with van der Waals surface area (Å²) in [6, 6.07) is 23.9. The molecule has 0 aliphatic carbocycles. The number of benzene rings is 4. The van der Waals surface area contributed by atoms with Crippen LogP contribution in [0.3, 0.4) is 0 Å². The third-order valence-electron chi connectivity index (χ3n) is 5.86. The molecule has 0 radical (unpaired) electrons. The maximum Gasteiger partial charge on any atom is 0.100 e. The number of hydrogen-bond donors (Lipinski definition) is 0. The van der Waals surface area contributed by atoms with Gasteiger partial charge in [0.05, 0.1) is 22.1 Å². The van der Waals surface area contributed by atoms with E-state index < -0.39 is 0 Å². The molecular formula is C25H14Cl4N2. The number of fused-ring (bicyclic) bond motifs is 6. The summed E-state index contributed by atoms with van der Waals surface area (Å²) in [5.41, 5.74) is 4.39. The zero-order chi connectivity index (χ0) is 21.3. The molecule has 0 saturated carbocycles. The van der Waals surface area contributed by atoms with Gasteiger partial charge in [-0.25, -0.2) is 0 Å². The number of rotatable bonds is 2. The average Bonchev–Trinajstić information content (AvgIpc) is 3.20. The quantitative estimate of drug-likeness (QED) is 0.232. The predicted octanol–water partition coefficient (Wildman–Crippen LogP) is 9.02. The third kappa shape index (κ3) is 3.01. The van der Waals surface area contributed by atoms with Crippen molar-refractivity contribution < 1.29 is 0 Å². The maximum atomic E-state index is 6.32. The van der Waals surface area contributed by atoms with Gasteiger partial charge in [-0.15, -0.1) is 0 Å². The Morgan fingerprint density at radius 1 is 0.419 bits per heavy atom. The Morgan fingerprint density at radius 2 is 0.677 bits per heavy atom. The van der Waals surface area contributed by atoms with Crippen molar-refractivity contribution in [3.05, 3.63) is 92.9 Å². The zero-order valence-corrected chi connectivity index (χ0v) is 19.1. The van der Waals surface area contributed by atoms with Gasteiger partial charge in [-0.05, 0) is 72.8 Å². The number of halogens is 4. The van der Waals surface area contributed by atoms with Crippen molar-refractivity contribution in [2.45, 2.75) is 6.67 Å². The SMILES string of the molecule is Clc1ccc2c(c1)c1cc(Cl)ccc1n2Cn1c2ccc(Cl)cc2c2cc(Cl)ccc21. The van der Waals surface area contributed by atoms with Crippen LogP contribution in [0.2, 0.25) is 20.1 Å². The molecule has 6 aromatic rings. The van der Waals surface area contributed by atoms with Gasteiger partial charge in [0.1, 0.15) is 6.67 Å². The van der Waals surface area contributed by atoms with Crippen LogP contribution in [0.4, 0.5) is 0 Å². The number of hydrogen-bond acceptors (Lipinski definition) is 0. The van der Waals surface area contributed by atoms with E-state index in [-0.39, 0.29) is 0 Å². The molecule has 4 aromatic carbocycles. The van der Waals surface area contributed by atoms with Crippen LogP contribution in [0.25, 0.3) is 43.6 Å². The van der Waals surface area contributed by atoms with Gasteiger partial charge < -0.3 is 9.13 Å². The first-order chi connectivity index (χ1) is 15.0. The lowest BCUT2D eigenvalue weighted by atomic mass is 10.1. The molecule has 0 fully saturated rings. The second kappa shape index (κ2) is 7.08. The summed E-state index contributed by atoms with van der Waals surface area (Å²) in [4.78, 5) is 0. The van der Waals surface area contributed by atoms with Gasteiger partial charge in [-0.3, -0.25) is 0 Å². The molecule has 31 heavy (non-hydrogen) atoms. The van der Waals surface area contributed by atoms with Crippen molar-refractivity contribution >= 4 is 90.0 Å². The molecule has 0 spiro atoms. The molecule has 0 N–H and O–H groups in total. The van der Waals surface area contributed by atoms with E-state index in [1.165, 1.54) is 0 Å². The van der Waals surface area contributed by atoms with E-state index in [1.807, 2.05) is 48.5 Å². The minimum Gasteiger partial charge on any atom is -0.322 e. The van der Waals surface area contributed by atoms with E-state index >= 15 is 0 Å². The second-order valence-corrected chi connectivity index (χ2v) is 9.39. The second-order valence-electron chi connectivity index (χ2n) is 7.64. The van der Waals surface area contributed by atoms with E-state index in [0.29, 0.717) is 26.8 Å². The van der Waals surface area contributed by atoms with Crippen LogP contribution in [-0.2, 0) is 6.67 Å². The molecule has 6 heteroatoms. The van der Waals surface area contributed by atoms with Gasteiger partial charge in [0.25, 0.3) is 0 Å². The van der Waals surface area contributed by atoms with Gasteiger partial charge in [0, 0.05) is 41.6 Å². The molecule has 0 atom stereocenters. The normalized spacial score (nSPS) is 12.0. The Kier molecular flexibility index (Phi) is 4.42. The van der Waals surface area contributed by atoms with E-state index in [9.17, 15) is 0 Å². The van der Waals surface area contributed by atoms with Crippen LogP contribution in [-0.4, -0.2) is 9.13 Å². The Balaban J connectivity index is 1.69. The van der Waals surface area contributed by atoms with Gasteiger partial charge >= 0.3 is 0 Å². The van der Waals surface area contributed by atoms with E-state index in [4.69, 9.17) is 46.4 Å². The monoisotopic (exact) mass is 482 g/mol. The molecule has 152 valence electrons. The molecule has 0 unspecified atom stereocenters. The molecule has 2 aromatic heterocycles. The largest absolute Gasteiger partial charge is 0.322 e. The van der Waals surface area contributed by atoms with Gasteiger partial charge in [0.15, 0.2) is 0 Å². The highest BCUT2D eigenvalue weighted by Crippen LogP contribution is 2.36. The molecule has 0 aliphatic heterocycles. The summed E-state index contributed by atoms with van der Waals surface area (Å²) in [5, 5.41) is 7.13. The fourth-order valence-electron chi connectivity index (χ4n) is 4.54. The van der Waals surface area contributed by atoms with Crippen molar-refractivity contribution in [2.75, 3.05) is 0 Å². The third-order valence-corrected chi connectivity index (χ3v) is 6.80. The smallest absolute Gasteiger partial charge is 0.100 e. The standard InChI is InChI=1S/C25H14Cl4N2/c26-14-1-5-22-18(9-14)19-10-15(27)2-6-23(19)30(22)13-31-24-7-3-16(28)11-20(24)21-12-17(29)4-8-25(21)31/h1-12H,13H2. The fraction of sp³-hybridized carbons (Fsp3) is 0.0400. The summed E-state index contributed by atoms with van der Waals surface area (Å²) in [5.74, 6) is 0. The van der Waals surface area contributed by atoms with Crippen LogP contribution in [0.1, 0.15) is 0 Å². The van der Waals surface area contributed by atoms with E-state index in [2.05, 4.69) is 33.4 Å². The highest BCUT2D eigenvalue weighted by atomic mass is 35.5. The topological polar surface area (TPSA) is 9.86 Å². The summed E-state index contributed by atoms with van der Waals surface area (Å²) >= 11 is 25.3. The van der Waals surface area contributed by atoms with Crippen molar-refractivity contribution in [3.63, 3.8) is 0 Å². The predicted molar refractivity (Wildman–Crippen MR) is 134 cm³/mol. The van der Waals surface area contributed by atoms with E-state index in [1.54, 1.807) is 0 Å². The maximum absolute atomic E-state index is 6.32. The number of nitrogens with zero attached hydrogens (tertiary/aromatic N) is 2. The first-order valence-corrected chi connectivity index (χ1v) is 11.2. The van der Waals surface area contributed by atoms with Gasteiger partial charge in [0.2, 0.25) is 0 Å². The zero-order valence-electron chi connectivity index (χ0n) is 16.0. The van der Waals surface area contributed by atoms with Gasteiger partial charge in [-0.1, -0.05) is 46.4 Å². The lowest BCUT2D eigenvalue weighted by Crippen LogP contribution is -2.07. The Bertz CT molecular complexity index is 1420. The van der Waals surface area contributed by atoms with Crippen molar-refractivity contribution in [1.82, 2.24) is 9.13 Å². The van der Waals surface area contributed by atoms with Crippen LogP contribution in [0, 0.1) is 0 Å². The molecule has 0 bridgehead atoms. The van der Waals surface area contributed by atoms with Gasteiger partial charge in [-0.2, -0.15) is 0 Å². The van der Waals surface area contributed by atoms with Crippen molar-refractivity contribution in [2.24, 2.45) is 0 Å².